The molecule has 7 heteroatoms. The number of nitrogens with zero attached hydrogens (tertiary/aromatic N) is 1. The molecule has 3 amide bonds. The van der Waals surface area contributed by atoms with Crippen molar-refractivity contribution in [3.8, 4) is 0 Å². The van der Waals surface area contributed by atoms with Gasteiger partial charge in [-0.25, -0.2) is 4.79 Å². The molecule has 22 heavy (non-hydrogen) atoms. The van der Waals surface area contributed by atoms with Crippen molar-refractivity contribution >= 4 is 28.7 Å². The van der Waals surface area contributed by atoms with Crippen LogP contribution in [0, 0.1) is 11.3 Å². The van der Waals surface area contributed by atoms with Gasteiger partial charge < -0.3 is 15.6 Å². The van der Waals surface area contributed by atoms with E-state index in [9.17, 15) is 9.59 Å². The highest BCUT2D eigenvalue weighted by molar-refractivity contribution is 6.08. The minimum atomic E-state index is -0.763. The Morgan fingerprint density at radius 1 is 1.36 bits per heavy atom. The fraction of sp³-hybridized carbons (Fsp3) is 0.267. The van der Waals surface area contributed by atoms with Crippen molar-refractivity contribution in [3.63, 3.8) is 0 Å². The summed E-state index contributed by atoms with van der Waals surface area (Å²) < 4.78 is 0. The van der Waals surface area contributed by atoms with E-state index in [1.165, 1.54) is 4.90 Å². The standard InChI is InChI=1S/C15H17N5O2/c16-13(17)11-8-20(15(22)19-14(11)21)6-5-9-7-18-12-4-2-1-3-10(9)12/h1-4,7,11,18H,5-6,8H2,(H3,16,17)(H,19,21,22)/t11-/m1/s1. The number of carbonyl (C=O) groups is 2. The number of hydrogen-bond acceptors (Lipinski definition) is 3. The lowest BCUT2D eigenvalue weighted by molar-refractivity contribution is -0.123. The number of imide groups is 1. The molecule has 2 heterocycles. The van der Waals surface area contributed by atoms with Gasteiger partial charge in [0, 0.05) is 30.2 Å². The van der Waals surface area contributed by atoms with Gasteiger partial charge in [0.15, 0.2) is 0 Å². The minimum absolute atomic E-state index is 0.155. The summed E-state index contributed by atoms with van der Waals surface area (Å²) in [7, 11) is 0. The maximum absolute atomic E-state index is 11.9. The number of nitrogens with two attached hydrogens (primary N) is 1. The third kappa shape index (κ3) is 2.52. The van der Waals surface area contributed by atoms with Gasteiger partial charge in [-0.2, -0.15) is 0 Å². The lowest BCUT2D eigenvalue weighted by Gasteiger charge is -2.31. The first-order valence-corrected chi connectivity index (χ1v) is 7.05. The number of amides is 3. The summed E-state index contributed by atoms with van der Waals surface area (Å²) in [6, 6.07) is 7.53. The van der Waals surface area contributed by atoms with E-state index in [4.69, 9.17) is 11.1 Å². The summed E-state index contributed by atoms with van der Waals surface area (Å²) in [6.45, 7) is 0.618. The summed E-state index contributed by atoms with van der Waals surface area (Å²) in [4.78, 5) is 28.2. The molecule has 0 unspecified atom stereocenters. The Bertz CT molecular complexity index is 751. The number of rotatable bonds is 4. The number of carbonyl (C=O) groups excluding carboxylic acids is 2. The van der Waals surface area contributed by atoms with E-state index >= 15 is 0 Å². The molecule has 1 atom stereocenters. The Balaban J connectivity index is 1.71. The average Bonchev–Trinajstić information content (AvgIpc) is 2.89. The molecule has 0 radical (unpaired) electrons. The Morgan fingerprint density at radius 3 is 2.91 bits per heavy atom. The molecule has 1 saturated heterocycles. The van der Waals surface area contributed by atoms with Gasteiger partial charge in [0.1, 0.15) is 11.8 Å². The van der Waals surface area contributed by atoms with Crippen LogP contribution in [-0.2, 0) is 11.2 Å². The van der Waals surface area contributed by atoms with Crippen LogP contribution in [0.4, 0.5) is 4.79 Å². The molecule has 0 spiro atoms. The van der Waals surface area contributed by atoms with Crippen LogP contribution >= 0.6 is 0 Å². The molecular formula is C15H17N5O2. The Kier molecular flexibility index (Phi) is 3.54. The second kappa shape index (κ2) is 5.51. The number of para-hydroxylation sites is 1. The zero-order chi connectivity index (χ0) is 15.7. The van der Waals surface area contributed by atoms with E-state index in [2.05, 4.69) is 10.3 Å². The molecule has 1 aliphatic rings. The maximum atomic E-state index is 11.9. The number of benzene rings is 1. The number of H-pyrrole nitrogens is 1. The predicted octanol–water partition coefficient (Wildman–Crippen LogP) is 0.814. The zero-order valence-electron chi connectivity index (χ0n) is 11.9. The van der Waals surface area contributed by atoms with E-state index in [0.29, 0.717) is 13.0 Å². The molecule has 1 aliphatic heterocycles. The van der Waals surface area contributed by atoms with Gasteiger partial charge in [0.25, 0.3) is 0 Å². The fourth-order valence-electron chi connectivity index (χ4n) is 2.68. The second-order valence-electron chi connectivity index (χ2n) is 5.36. The van der Waals surface area contributed by atoms with Crippen LogP contribution in [0.2, 0.25) is 0 Å². The fourth-order valence-corrected chi connectivity index (χ4v) is 2.68. The van der Waals surface area contributed by atoms with Gasteiger partial charge in [-0.05, 0) is 18.1 Å². The Hall–Kier alpha value is -2.83. The van der Waals surface area contributed by atoms with E-state index < -0.39 is 17.9 Å². The number of fused-ring (bicyclic) bond motifs is 1. The van der Waals surface area contributed by atoms with Crippen LogP contribution in [-0.4, -0.2) is 40.7 Å². The van der Waals surface area contributed by atoms with E-state index in [1.54, 1.807) is 0 Å². The van der Waals surface area contributed by atoms with E-state index in [1.807, 2.05) is 30.5 Å². The second-order valence-corrected chi connectivity index (χ2v) is 5.36. The van der Waals surface area contributed by atoms with Crippen molar-refractivity contribution in [1.82, 2.24) is 15.2 Å². The van der Waals surface area contributed by atoms with Crippen LogP contribution in [0.25, 0.3) is 10.9 Å². The van der Waals surface area contributed by atoms with Crippen LogP contribution in [0.1, 0.15) is 5.56 Å². The highest BCUT2D eigenvalue weighted by Crippen LogP contribution is 2.19. The third-order valence-corrected chi connectivity index (χ3v) is 3.94. The van der Waals surface area contributed by atoms with Crippen molar-refractivity contribution in [3.05, 3.63) is 36.0 Å². The molecule has 7 nitrogen and oxygen atoms in total. The number of amidine groups is 1. The van der Waals surface area contributed by atoms with Crippen LogP contribution in [0.5, 0.6) is 0 Å². The number of aromatic amines is 1. The van der Waals surface area contributed by atoms with Gasteiger partial charge >= 0.3 is 6.03 Å². The van der Waals surface area contributed by atoms with Gasteiger partial charge in [0.05, 0.1) is 0 Å². The number of aromatic nitrogens is 1. The average molecular weight is 299 g/mol. The summed E-state index contributed by atoms with van der Waals surface area (Å²) in [6.07, 6.45) is 2.59. The van der Waals surface area contributed by atoms with Gasteiger partial charge in [-0.15, -0.1) is 0 Å². The molecule has 1 aromatic heterocycles. The van der Waals surface area contributed by atoms with Crippen molar-refractivity contribution in [2.75, 3.05) is 13.1 Å². The van der Waals surface area contributed by atoms with E-state index in [0.717, 1.165) is 16.5 Å². The highest BCUT2D eigenvalue weighted by atomic mass is 16.2. The van der Waals surface area contributed by atoms with Crippen molar-refractivity contribution in [1.29, 1.82) is 5.41 Å². The van der Waals surface area contributed by atoms with Crippen LogP contribution in [0.3, 0.4) is 0 Å². The van der Waals surface area contributed by atoms with Crippen molar-refractivity contribution < 1.29 is 9.59 Å². The molecule has 2 aromatic rings. The lowest BCUT2D eigenvalue weighted by Crippen LogP contribution is -2.57. The number of urea groups is 1. The SMILES string of the molecule is N=C(N)[C@H]1CN(CCc2c[nH]c3ccccc23)C(=O)NC1=O. The first-order valence-electron chi connectivity index (χ1n) is 7.05. The first-order chi connectivity index (χ1) is 10.6. The Morgan fingerprint density at radius 2 is 2.14 bits per heavy atom. The maximum Gasteiger partial charge on any atom is 0.324 e. The lowest BCUT2D eigenvalue weighted by atomic mass is 10.0. The topological polar surface area (TPSA) is 115 Å². The van der Waals surface area contributed by atoms with Crippen molar-refractivity contribution in [2.24, 2.45) is 11.7 Å². The van der Waals surface area contributed by atoms with Gasteiger partial charge in [-0.3, -0.25) is 15.5 Å². The van der Waals surface area contributed by atoms with Crippen LogP contribution < -0.4 is 11.1 Å². The molecule has 0 bridgehead atoms. The Labute approximate surface area is 127 Å². The zero-order valence-corrected chi connectivity index (χ0v) is 11.9. The summed E-state index contributed by atoms with van der Waals surface area (Å²) in [5.41, 5.74) is 7.57. The molecule has 1 fully saturated rings. The molecular weight excluding hydrogens is 282 g/mol. The van der Waals surface area contributed by atoms with Crippen molar-refractivity contribution in [2.45, 2.75) is 6.42 Å². The summed E-state index contributed by atoms with van der Waals surface area (Å²) in [5, 5.41) is 10.8. The molecule has 0 aliphatic carbocycles. The minimum Gasteiger partial charge on any atom is -0.387 e. The summed E-state index contributed by atoms with van der Waals surface area (Å²) >= 11 is 0. The number of nitrogens with one attached hydrogen (secondary N) is 3. The predicted molar refractivity (Wildman–Crippen MR) is 82.5 cm³/mol. The molecule has 1 aromatic carbocycles. The highest BCUT2D eigenvalue weighted by Gasteiger charge is 2.33. The quantitative estimate of drug-likeness (QED) is 0.494. The number of hydrogen-bond donors (Lipinski definition) is 4. The van der Waals surface area contributed by atoms with Gasteiger partial charge in [-0.1, -0.05) is 18.2 Å². The monoisotopic (exact) mass is 299 g/mol. The normalized spacial score (nSPS) is 18.5. The summed E-state index contributed by atoms with van der Waals surface area (Å²) in [5.74, 6) is -1.48. The third-order valence-electron chi connectivity index (χ3n) is 3.94. The molecule has 114 valence electrons. The largest absolute Gasteiger partial charge is 0.387 e. The van der Waals surface area contributed by atoms with E-state index in [-0.39, 0.29) is 12.4 Å². The van der Waals surface area contributed by atoms with Gasteiger partial charge in [0.2, 0.25) is 5.91 Å². The molecule has 5 N–H and O–H groups in total. The molecule has 3 rings (SSSR count). The molecule has 0 saturated carbocycles. The smallest absolute Gasteiger partial charge is 0.324 e. The van der Waals surface area contributed by atoms with Crippen LogP contribution in [0.15, 0.2) is 30.5 Å². The first kappa shape index (κ1) is 14.1.